The van der Waals surface area contributed by atoms with E-state index in [9.17, 15) is 20.1 Å². The van der Waals surface area contributed by atoms with Crippen molar-refractivity contribution in [3.05, 3.63) is 23.3 Å². The standard InChI is InChI=1S/C15H20O4/c1-10(2)6-7-15(19)9-13(17)8-12(14(15)18)5-4-11(3)16/h6,8,13-14,17-19H,7,9H2,1-3H3/t13-,14-,15+/m1/s1. The highest BCUT2D eigenvalue weighted by Gasteiger charge is 2.41. The Kier molecular flexibility index (Phi) is 5.07. The molecule has 0 heterocycles. The van der Waals surface area contributed by atoms with E-state index in [4.69, 9.17) is 0 Å². The van der Waals surface area contributed by atoms with Gasteiger partial charge in [0.2, 0.25) is 5.78 Å². The van der Waals surface area contributed by atoms with E-state index < -0.39 is 17.8 Å². The molecule has 3 N–H and O–H groups in total. The van der Waals surface area contributed by atoms with Crippen LogP contribution >= 0.6 is 0 Å². The van der Waals surface area contributed by atoms with Crippen LogP contribution in [0.4, 0.5) is 0 Å². The Hall–Kier alpha value is -1.41. The molecule has 19 heavy (non-hydrogen) atoms. The summed E-state index contributed by atoms with van der Waals surface area (Å²) in [6.07, 6.45) is 1.39. The number of Topliss-reactive ketones (excluding diaryl/α,β-unsaturated/α-hetero) is 1. The van der Waals surface area contributed by atoms with Gasteiger partial charge in [-0.25, -0.2) is 0 Å². The highest BCUT2D eigenvalue weighted by atomic mass is 16.3. The van der Waals surface area contributed by atoms with Crippen molar-refractivity contribution in [3.63, 3.8) is 0 Å². The molecule has 0 aromatic carbocycles. The lowest BCUT2D eigenvalue weighted by molar-refractivity contribution is -0.111. The van der Waals surface area contributed by atoms with Crippen molar-refractivity contribution in [2.45, 2.75) is 51.4 Å². The molecule has 0 saturated carbocycles. The van der Waals surface area contributed by atoms with Crippen molar-refractivity contribution in [2.24, 2.45) is 0 Å². The lowest BCUT2D eigenvalue weighted by atomic mass is 9.78. The monoisotopic (exact) mass is 264 g/mol. The van der Waals surface area contributed by atoms with Crippen LogP contribution in [0.1, 0.15) is 33.6 Å². The first kappa shape index (κ1) is 15.6. The van der Waals surface area contributed by atoms with Crippen LogP contribution < -0.4 is 0 Å². The molecule has 0 bridgehead atoms. The molecule has 0 amide bonds. The van der Waals surface area contributed by atoms with Crippen LogP contribution in [-0.2, 0) is 4.79 Å². The summed E-state index contributed by atoms with van der Waals surface area (Å²) in [6.45, 7) is 5.09. The summed E-state index contributed by atoms with van der Waals surface area (Å²) in [7, 11) is 0. The predicted octanol–water partition coefficient (Wildman–Crippen LogP) is 0.718. The average Bonchev–Trinajstić information content (AvgIpc) is 2.29. The highest BCUT2D eigenvalue weighted by Crippen LogP contribution is 2.32. The van der Waals surface area contributed by atoms with Crippen molar-refractivity contribution >= 4 is 5.78 Å². The Morgan fingerprint density at radius 3 is 2.63 bits per heavy atom. The Morgan fingerprint density at radius 2 is 2.11 bits per heavy atom. The number of allylic oxidation sites excluding steroid dienone is 1. The Morgan fingerprint density at radius 1 is 1.47 bits per heavy atom. The quantitative estimate of drug-likeness (QED) is 0.390. The van der Waals surface area contributed by atoms with Crippen molar-refractivity contribution in [1.29, 1.82) is 0 Å². The zero-order chi connectivity index (χ0) is 14.6. The van der Waals surface area contributed by atoms with Gasteiger partial charge in [0.25, 0.3) is 0 Å². The van der Waals surface area contributed by atoms with E-state index in [0.717, 1.165) is 5.57 Å². The average molecular weight is 264 g/mol. The second kappa shape index (κ2) is 6.16. The second-order valence-corrected chi connectivity index (χ2v) is 5.19. The number of ketones is 1. The normalized spacial score (nSPS) is 29.9. The van der Waals surface area contributed by atoms with Gasteiger partial charge in [-0.15, -0.1) is 0 Å². The van der Waals surface area contributed by atoms with Crippen molar-refractivity contribution in [3.8, 4) is 11.8 Å². The first-order valence-corrected chi connectivity index (χ1v) is 6.21. The molecule has 3 atom stereocenters. The van der Waals surface area contributed by atoms with Crippen molar-refractivity contribution in [2.75, 3.05) is 0 Å². The third-order valence-electron chi connectivity index (χ3n) is 2.98. The van der Waals surface area contributed by atoms with Gasteiger partial charge in [-0.3, -0.25) is 4.79 Å². The van der Waals surface area contributed by atoms with E-state index in [1.54, 1.807) is 6.08 Å². The van der Waals surface area contributed by atoms with E-state index in [-0.39, 0.29) is 24.2 Å². The molecule has 4 nitrogen and oxygen atoms in total. The maximum atomic E-state index is 10.8. The van der Waals surface area contributed by atoms with Crippen LogP contribution in [0.5, 0.6) is 0 Å². The zero-order valence-corrected chi connectivity index (χ0v) is 11.5. The Bertz CT molecular complexity index is 474. The van der Waals surface area contributed by atoms with Crippen molar-refractivity contribution < 1.29 is 20.1 Å². The van der Waals surface area contributed by atoms with E-state index in [0.29, 0.717) is 0 Å². The van der Waals surface area contributed by atoms with Gasteiger partial charge in [0.1, 0.15) is 11.7 Å². The van der Waals surface area contributed by atoms with Gasteiger partial charge in [-0.05, 0) is 32.3 Å². The van der Waals surface area contributed by atoms with Gasteiger partial charge < -0.3 is 15.3 Å². The van der Waals surface area contributed by atoms with Crippen LogP contribution in [0.2, 0.25) is 0 Å². The van der Waals surface area contributed by atoms with Crippen LogP contribution in [0, 0.1) is 11.8 Å². The summed E-state index contributed by atoms with van der Waals surface area (Å²) in [4.78, 5) is 10.8. The molecule has 0 spiro atoms. The fourth-order valence-electron chi connectivity index (χ4n) is 1.97. The molecule has 104 valence electrons. The van der Waals surface area contributed by atoms with Gasteiger partial charge in [0.05, 0.1) is 6.10 Å². The molecule has 0 aliphatic heterocycles. The molecule has 0 fully saturated rings. The molecule has 4 heteroatoms. The largest absolute Gasteiger partial charge is 0.389 e. The molecule has 0 aromatic rings. The maximum absolute atomic E-state index is 10.8. The van der Waals surface area contributed by atoms with Crippen LogP contribution in [0.25, 0.3) is 0 Å². The minimum Gasteiger partial charge on any atom is -0.389 e. The molecular formula is C15H20O4. The fourth-order valence-corrected chi connectivity index (χ4v) is 1.97. The third-order valence-corrected chi connectivity index (χ3v) is 2.98. The predicted molar refractivity (Wildman–Crippen MR) is 72.2 cm³/mol. The van der Waals surface area contributed by atoms with Gasteiger partial charge in [-0.1, -0.05) is 17.6 Å². The van der Waals surface area contributed by atoms with Crippen molar-refractivity contribution in [1.82, 2.24) is 0 Å². The Balaban J connectivity index is 3.02. The fraction of sp³-hybridized carbons (Fsp3) is 0.533. The first-order valence-electron chi connectivity index (χ1n) is 6.21. The highest BCUT2D eigenvalue weighted by molar-refractivity contribution is 5.93. The van der Waals surface area contributed by atoms with E-state index in [1.807, 2.05) is 13.8 Å². The summed E-state index contributed by atoms with van der Waals surface area (Å²) in [5.41, 5.74) is -0.244. The molecule has 0 radical (unpaired) electrons. The number of hydrogen-bond donors (Lipinski definition) is 3. The number of aliphatic hydroxyl groups is 3. The topological polar surface area (TPSA) is 77.8 Å². The molecule has 1 aliphatic rings. The second-order valence-electron chi connectivity index (χ2n) is 5.19. The van der Waals surface area contributed by atoms with Crippen LogP contribution in [0.15, 0.2) is 23.3 Å². The van der Waals surface area contributed by atoms with Gasteiger partial charge >= 0.3 is 0 Å². The smallest absolute Gasteiger partial charge is 0.202 e. The van der Waals surface area contributed by atoms with Gasteiger partial charge in [0.15, 0.2) is 0 Å². The minimum absolute atomic E-state index is 0.0448. The molecule has 0 aromatic heterocycles. The molecule has 0 saturated heterocycles. The maximum Gasteiger partial charge on any atom is 0.202 e. The third kappa shape index (κ3) is 4.32. The molecular weight excluding hydrogens is 244 g/mol. The van der Waals surface area contributed by atoms with Crippen LogP contribution in [-0.4, -0.2) is 38.9 Å². The molecule has 1 rings (SSSR count). The van der Waals surface area contributed by atoms with Crippen LogP contribution in [0.3, 0.4) is 0 Å². The van der Waals surface area contributed by atoms with E-state index in [2.05, 4.69) is 11.8 Å². The van der Waals surface area contributed by atoms with Gasteiger partial charge in [-0.2, -0.15) is 0 Å². The Labute approximate surface area is 113 Å². The first-order chi connectivity index (χ1) is 8.74. The number of rotatable bonds is 2. The summed E-state index contributed by atoms with van der Waals surface area (Å²) in [5, 5.41) is 30.3. The lowest BCUT2D eigenvalue weighted by Crippen LogP contribution is -2.48. The number of carbonyl (C=O) groups excluding carboxylic acids is 1. The minimum atomic E-state index is -1.45. The van der Waals surface area contributed by atoms with Gasteiger partial charge in [0, 0.05) is 18.9 Å². The number of carbonyl (C=O) groups is 1. The number of aliphatic hydroxyl groups excluding tert-OH is 2. The summed E-state index contributed by atoms with van der Waals surface area (Å²) in [6, 6.07) is 0. The summed E-state index contributed by atoms with van der Waals surface area (Å²) < 4.78 is 0. The van der Waals surface area contributed by atoms with E-state index in [1.165, 1.54) is 13.0 Å². The lowest BCUT2D eigenvalue weighted by Gasteiger charge is -2.37. The SMILES string of the molecule is CC(=O)C#CC1=C[C@@H](O)C[C@@](O)(CC=C(C)C)[C@@H]1O. The zero-order valence-electron chi connectivity index (χ0n) is 11.5. The van der Waals surface area contributed by atoms with E-state index >= 15 is 0 Å². The molecule has 1 aliphatic carbocycles. The molecule has 0 unspecified atom stereocenters. The summed E-state index contributed by atoms with van der Waals surface area (Å²) >= 11 is 0. The summed E-state index contributed by atoms with van der Waals surface area (Å²) in [5.74, 6) is 4.50. The number of hydrogen-bond acceptors (Lipinski definition) is 4.